The minimum absolute atomic E-state index is 0.0567. The van der Waals surface area contributed by atoms with Crippen molar-refractivity contribution in [1.82, 2.24) is 14.7 Å². The van der Waals surface area contributed by atoms with Crippen LogP contribution in [0.25, 0.3) is 11.3 Å². The molecular weight excluding hydrogens is 521 g/mol. The quantitative estimate of drug-likeness (QED) is 0.317. The van der Waals surface area contributed by atoms with E-state index in [-0.39, 0.29) is 40.3 Å². The topological polar surface area (TPSA) is 107 Å². The van der Waals surface area contributed by atoms with Crippen molar-refractivity contribution in [3.8, 4) is 22.9 Å². The smallest absolute Gasteiger partial charge is 0.281 e. The van der Waals surface area contributed by atoms with Gasteiger partial charge in [-0.2, -0.15) is 8.42 Å². The number of hydrogen-bond acceptors (Lipinski definition) is 7. The van der Waals surface area contributed by atoms with E-state index in [4.69, 9.17) is 9.47 Å². The highest BCUT2D eigenvalue weighted by Crippen LogP contribution is 2.30. The Bertz CT molecular complexity index is 1420. The molecule has 1 aromatic carbocycles. The largest absolute Gasteiger partial charge is 0.493 e. The van der Waals surface area contributed by atoms with Crippen LogP contribution in [0.1, 0.15) is 57.6 Å². The van der Waals surface area contributed by atoms with E-state index in [1.807, 2.05) is 41.5 Å². The number of halogens is 1. The summed E-state index contributed by atoms with van der Waals surface area (Å²) in [4.78, 5) is 21.8. The predicted molar refractivity (Wildman–Crippen MR) is 148 cm³/mol. The lowest BCUT2D eigenvalue weighted by Crippen LogP contribution is -2.33. The highest BCUT2D eigenvalue weighted by molar-refractivity contribution is 7.90. The summed E-state index contributed by atoms with van der Waals surface area (Å²) in [6.07, 6.45) is -0.327. The zero-order valence-corrected chi connectivity index (χ0v) is 24.2. The van der Waals surface area contributed by atoms with Crippen LogP contribution in [-0.4, -0.2) is 37.0 Å². The van der Waals surface area contributed by atoms with Gasteiger partial charge in [-0.3, -0.25) is 4.79 Å². The highest BCUT2D eigenvalue weighted by atomic mass is 32.2. The van der Waals surface area contributed by atoms with Gasteiger partial charge in [0, 0.05) is 17.3 Å². The molecule has 0 saturated heterocycles. The molecule has 0 aliphatic carbocycles. The molecule has 0 bridgehead atoms. The van der Waals surface area contributed by atoms with Crippen LogP contribution in [0.4, 0.5) is 4.39 Å². The van der Waals surface area contributed by atoms with Crippen molar-refractivity contribution in [2.24, 2.45) is 17.8 Å². The predicted octanol–water partition coefficient (Wildman–Crippen LogP) is 5.80. The molecule has 0 aliphatic heterocycles. The minimum atomic E-state index is -4.26. The van der Waals surface area contributed by atoms with Gasteiger partial charge < -0.3 is 9.47 Å². The van der Waals surface area contributed by atoms with E-state index >= 15 is 0 Å². The number of ether oxygens (including phenoxy) is 2. The molecule has 2 heterocycles. The first kappa shape index (κ1) is 30.0. The Labute approximate surface area is 230 Å². The molecule has 0 atom stereocenters. The lowest BCUT2D eigenvalue weighted by atomic mass is 9.96. The average Bonchev–Trinajstić information content (AvgIpc) is 2.85. The SMILES string of the molecule is Cc1cccc(S(=O)(=O)NC(=O)c2ccc(-c3cc(F)cc(OCC(C)C)c3)nc2OC(C(C)C)C(C)C)n1. The lowest BCUT2D eigenvalue weighted by molar-refractivity contribution is 0.0902. The zero-order chi connectivity index (χ0) is 28.9. The van der Waals surface area contributed by atoms with E-state index in [9.17, 15) is 17.6 Å². The van der Waals surface area contributed by atoms with Crippen molar-refractivity contribution < 1.29 is 27.1 Å². The molecule has 2 aromatic heterocycles. The molecule has 10 heteroatoms. The molecule has 39 heavy (non-hydrogen) atoms. The summed E-state index contributed by atoms with van der Waals surface area (Å²) in [6, 6.07) is 11.7. The molecule has 0 saturated carbocycles. The number of rotatable bonds is 11. The molecule has 8 nitrogen and oxygen atoms in total. The lowest BCUT2D eigenvalue weighted by Gasteiger charge is -2.26. The van der Waals surface area contributed by atoms with Crippen molar-refractivity contribution in [3.05, 3.63) is 65.6 Å². The number of aromatic nitrogens is 2. The molecule has 1 N–H and O–H groups in total. The van der Waals surface area contributed by atoms with Gasteiger partial charge in [0.2, 0.25) is 5.88 Å². The van der Waals surface area contributed by atoms with E-state index in [0.717, 1.165) is 0 Å². The third-order valence-corrected chi connectivity index (χ3v) is 7.01. The van der Waals surface area contributed by atoms with E-state index in [1.165, 1.54) is 30.3 Å². The van der Waals surface area contributed by atoms with Crippen molar-refractivity contribution in [2.75, 3.05) is 6.61 Å². The van der Waals surface area contributed by atoms with E-state index in [0.29, 0.717) is 29.3 Å². The molecule has 210 valence electrons. The second kappa shape index (κ2) is 12.5. The molecule has 0 fully saturated rings. The highest BCUT2D eigenvalue weighted by Gasteiger charge is 2.27. The monoisotopic (exact) mass is 557 g/mol. The number of sulfonamides is 1. The molecule has 0 aliphatic rings. The van der Waals surface area contributed by atoms with Gasteiger partial charge in [0.1, 0.15) is 23.2 Å². The fourth-order valence-electron chi connectivity index (χ4n) is 3.99. The number of pyridine rings is 2. The molecule has 0 unspecified atom stereocenters. The third kappa shape index (κ3) is 7.98. The van der Waals surface area contributed by atoms with Gasteiger partial charge in [0.05, 0.1) is 12.3 Å². The fraction of sp³-hybridized carbons (Fsp3) is 0.414. The summed E-state index contributed by atoms with van der Waals surface area (Å²) < 4.78 is 54.2. The van der Waals surface area contributed by atoms with Crippen LogP contribution < -0.4 is 14.2 Å². The Morgan fingerprint density at radius 3 is 2.28 bits per heavy atom. The van der Waals surface area contributed by atoms with Gasteiger partial charge in [-0.1, -0.05) is 47.6 Å². The summed E-state index contributed by atoms with van der Waals surface area (Å²) >= 11 is 0. The maximum atomic E-state index is 14.5. The van der Waals surface area contributed by atoms with Crippen LogP contribution in [-0.2, 0) is 10.0 Å². The van der Waals surface area contributed by atoms with Crippen molar-refractivity contribution in [2.45, 2.75) is 59.6 Å². The number of aryl methyl sites for hydroxylation is 1. The van der Waals surface area contributed by atoms with Gasteiger partial charge in [0.25, 0.3) is 15.9 Å². The molecule has 3 aromatic rings. The van der Waals surface area contributed by atoms with Gasteiger partial charge in [0.15, 0.2) is 5.03 Å². The maximum Gasteiger partial charge on any atom is 0.281 e. The molecule has 0 spiro atoms. The van der Waals surface area contributed by atoms with Crippen molar-refractivity contribution in [1.29, 1.82) is 0 Å². The van der Waals surface area contributed by atoms with E-state index in [2.05, 4.69) is 14.7 Å². The first-order valence-corrected chi connectivity index (χ1v) is 14.4. The number of benzene rings is 1. The number of nitrogens with zero attached hydrogens (tertiary/aromatic N) is 2. The summed E-state index contributed by atoms with van der Waals surface area (Å²) in [5, 5.41) is -0.279. The van der Waals surface area contributed by atoms with Crippen LogP contribution >= 0.6 is 0 Å². The van der Waals surface area contributed by atoms with E-state index in [1.54, 1.807) is 25.1 Å². The Hall–Kier alpha value is -3.53. The average molecular weight is 558 g/mol. The Morgan fingerprint density at radius 1 is 0.974 bits per heavy atom. The molecule has 1 amide bonds. The van der Waals surface area contributed by atoms with Crippen molar-refractivity contribution in [3.63, 3.8) is 0 Å². The molecule has 0 radical (unpaired) electrons. The molecule has 3 rings (SSSR count). The maximum absolute atomic E-state index is 14.5. The van der Waals surface area contributed by atoms with Gasteiger partial charge in [-0.15, -0.1) is 0 Å². The van der Waals surface area contributed by atoms with Gasteiger partial charge in [-0.25, -0.2) is 19.1 Å². The Morgan fingerprint density at radius 2 is 1.67 bits per heavy atom. The molecular formula is C29H36FN3O5S. The fourth-order valence-corrected chi connectivity index (χ4v) is 4.97. The number of carbonyl (C=O) groups is 1. The van der Waals surface area contributed by atoms with Crippen LogP contribution in [0.3, 0.4) is 0 Å². The van der Waals surface area contributed by atoms with Crippen LogP contribution in [0.5, 0.6) is 11.6 Å². The van der Waals surface area contributed by atoms with Crippen LogP contribution in [0.2, 0.25) is 0 Å². The number of nitrogens with one attached hydrogen (secondary N) is 1. The second-order valence-electron chi connectivity index (χ2n) is 10.6. The standard InChI is InChI=1S/C29H36FN3O5S/c1-17(2)16-37-23-14-21(13-22(30)15-23)25-12-11-24(29(32-25)38-27(18(3)4)19(5)6)28(34)33-39(35,36)26-10-8-9-20(7)31-26/h8-15,17-19,27H,16H2,1-7H3,(H,33,34). The van der Waals surface area contributed by atoms with Crippen molar-refractivity contribution >= 4 is 15.9 Å². The summed E-state index contributed by atoms with van der Waals surface area (Å²) in [7, 11) is -4.26. The van der Waals surface area contributed by atoms with Gasteiger partial charge >= 0.3 is 0 Å². The number of hydrogen-bond donors (Lipinski definition) is 1. The van der Waals surface area contributed by atoms with Gasteiger partial charge in [-0.05, 0) is 61.1 Å². The van der Waals surface area contributed by atoms with Crippen LogP contribution in [0, 0.1) is 30.5 Å². The number of amides is 1. The normalized spacial score (nSPS) is 11.9. The van der Waals surface area contributed by atoms with Crippen LogP contribution in [0.15, 0.2) is 53.6 Å². The third-order valence-electron chi connectivity index (χ3n) is 5.78. The second-order valence-corrected chi connectivity index (χ2v) is 12.2. The Balaban J connectivity index is 2.04. The minimum Gasteiger partial charge on any atom is -0.493 e. The zero-order valence-electron chi connectivity index (χ0n) is 23.4. The summed E-state index contributed by atoms with van der Waals surface area (Å²) in [6.45, 7) is 14.0. The summed E-state index contributed by atoms with van der Waals surface area (Å²) in [5.41, 5.74) is 1.18. The number of carbonyl (C=O) groups excluding carboxylic acids is 1. The first-order chi connectivity index (χ1) is 18.3. The van der Waals surface area contributed by atoms with E-state index < -0.39 is 21.7 Å². The first-order valence-electron chi connectivity index (χ1n) is 12.9. The summed E-state index contributed by atoms with van der Waals surface area (Å²) in [5.74, 6) is -0.742. The Kier molecular flexibility index (Phi) is 9.66.